The number of hydrogen-bond donors (Lipinski definition) is 2. The largest absolute Gasteiger partial charge is 0.330 e. The zero-order valence-electron chi connectivity index (χ0n) is 19.3. The number of hydrogen-bond acceptors (Lipinski definition) is 6. The molecule has 1 saturated heterocycles. The molecule has 0 radical (unpaired) electrons. The number of aromatic nitrogens is 2. The maximum atomic E-state index is 12.9. The van der Waals surface area contributed by atoms with Crippen molar-refractivity contribution in [2.75, 3.05) is 30.9 Å². The van der Waals surface area contributed by atoms with Gasteiger partial charge in [-0.15, -0.1) is 11.3 Å². The summed E-state index contributed by atoms with van der Waals surface area (Å²) in [5.41, 5.74) is 1.65. The zero-order valence-corrected chi connectivity index (χ0v) is 20.1. The second kappa shape index (κ2) is 8.81. The zero-order chi connectivity index (χ0) is 23.8. The summed E-state index contributed by atoms with van der Waals surface area (Å²) in [5.74, 6) is -0.0293. The standard InChI is InChI=1S/C25H28N6O2S/c1-30(2)25(18-7-4-3-5-8-18)12-10-24(11-13-25)17-31(23(33)29-24)19-15-26-22(27-16-19)28-21(32)20-9-6-14-34-20/h3-9,14-16H,10-13,17H2,1-2H3,(H,29,33)(H,26,27,28,32). The van der Waals surface area contributed by atoms with Crippen molar-refractivity contribution in [3.8, 4) is 0 Å². The van der Waals surface area contributed by atoms with Crippen molar-refractivity contribution in [1.82, 2.24) is 20.2 Å². The van der Waals surface area contributed by atoms with E-state index in [1.54, 1.807) is 23.4 Å². The number of thiophene rings is 1. The lowest BCUT2D eigenvalue weighted by Gasteiger charge is -2.48. The third-order valence-electron chi connectivity index (χ3n) is 7.20. The van der Waals surface area contributed by atoms with E-state index >= 15 is 0 Å². The number of anilines is 2. The topological polar surface area (TPSA) is 90.5 Å². The molecular weight excluding hydrogens is 448 g/mol. The van der Waals surface area contributed by atoms with E-state index < -0.39 is 0 Å². The van der Waals surface area contributed by atoms with Crippen LogP contribution >= 0.6 is 11.3 Å². The minimum absolute atomic E-state index is 0.0316. The van der Waals surface area contributed by atoms with Crippen LogP contribution < -0.4 is 15.5 Å². The highest BCUT2D eigenvalue weighted by Gasteiger charge is 2.50. The number of carbonyl (C=O) groups is 2. The van der Waals surface area contributed by atoms with Crippen LogP contribution in [0.1, 0.15) is 40.9 Å². The molecule has 34 heavy (non-hydrogen) atoms. The Balaban J connectivity index is 1.27. The number of nitrogens with one attached hydrogen (secondary N) is 2. The van der Waals surface area contributed by atoms with Crippen LogP contribution in [0.15, 0.2) is 60.2 Å². The Labute approximate surface area is 203 Å². The van der Waals surface area contributed by atoms with Crippen LogP contribution in [0.25, 0.3) is 0 Å². The summed E-state index contributed by atoms with van der Waals surface area (Å²) < 4.78 is 0. The normalized spacial score (nSPS) is 24.4. The van der Waals surface area contributed by atoms with Gasteiger partial charge in [0.2, 0.25) is 5.95 Å². The van der Waals surface area contributed by atoms with Crippen molar-refractivity contribution in [3.63, 3.8) is 0 Å². The third-order valence-corrected chi connectivity index (χ3v) is 8.07. The summed E-state index contributed by atoms with van der Waals surface area (Å²) in [6.07, 6.45) is 6.87. The van der Waals surface area contributed by atoms with Gasteiger partial charge in [-0.3, -0.25) is 19.9 Å². The predicted molar refractivity (Wildman–Crippen MR) is 133 cm³/mol. The number of amides is 3. The van der Waals surface area contributed by atoms with Gasteiger partial charge in [0.05, 0.1) is 35.0 Å². The molecule has 9 heteroatoms. The quantitative estimate of drug-likeness (QED) is 0.579. The molecule has 176 valence electrons. The molecule has 1 saturated carbocycles. The molecule has 0 bridgehead atoms. The van der Waals surface area contributed by atoms with Crippen molar-refractivity contribution in [1.29, 1.82) is 0 Å². The molecule has 1 spiro atoms. The van der Waals surface area contributed by atoms with Gasteiger partial charge in [-0.1, -0.05) is 36.4 Å². The highest BCUT2D eigenvalue weighted by molar-refractivity contribution is 7.12. The Morgan fingerprint density at radius 3 is 2.38 bits per heavy atom. The van der Waals surface area contributed by atoms with Crippen LogP contribution in [-0.4, -0.2) is 53.0 Å². The first kappa shape index (κ1) is 22.5. The number of urea groups is 1. The van der Waals surface area contributed by atoms with E-state index in [2.05, 4.69) is 63.9 Å². The lowest BCUT2D eigenvalue weighted by Crippen LogP contribution is -2.54. The van der Waals surface area contributed by atoms with E-state index in [1.807, 2.05) is 17.5 Å². The molecule has 5 rings (SSSR count). The van der Waals surface area contributed by atoms with E-state index in [-0.39, 0.29) is 29.0 Å². The molecule has 1 aliphatic carbocycles. The van der Waals surface area contributed by atoms with E-state index in [1.165, 1.54) is 16.9 Å². The van der Waals surface area contributed by atoms with Crippen molar-refractivity contribution >= 4 is 34.9 Å². The highest BCUT2D eigenvalue weighted by atomic mass is 32.1. The average Bonchev–Trinajstić information content (AvgIpc) is 3.50. The lowest BCUT2D eigenvalue weighted by molar-refractivity contribution is 0.0658. The molecule has 3 heterocycles. The van der Waals surface area contributed by atoms with Crippen LogP contribution in [-0.2, 0) is 5.54 Å². The van der Waals surface area contributed by atoms with Gasteiger partial charge >= 0.3 is 6.03 Å². The van der Waals surface area contributed by atoms with Gasteiger partial charge in [0.25, 0.3) is 5.91 Å². The fourth-order valence-corrected chi connectivity index (χ4v) is 5.80. The van der Waals surface area contributed by atoms with Crippen LogP contribution in [0.3, 0.4) is 0 Å². The summed E-state index contributed by atoms with van der Waals surface area (Å²) in [5, 5.41) is 7.79. The SMILES string of the molecule is CN(C)C1(c2ccccc2)CCC2(CC1)CN(c1cnc(NC(=O)c3cccs3)nc1)C(=O)N2. The van der Waals surface area contributed by atoms with Gasteiger partial charge in [-0.2, -0.15) is 0 Å². The molecular formula is C25H28N6O2S. The molecule has 2 N–H and O–H groups in total. The fraction of sp³-hybridized carbons (Fsp3) is 0.360. The summed E-state index contributed by atoms with van der Waals surface area (Å²) in [6.45, 7) is 0.578. The van der Waals surface area contributed by atoms with Crippen LogP contribution in [0.5, 0.6) is 0 Å². The second-order valence-electron chi connectivity index (χ2n) is 9.28. The van der Waals surface area contributed by atoms with E-state index in [0.717, 1.165) is 25.7 Å². The lowest BCUT2D eigenvalue weighted by atomic mass is 9.69. The van der Waals surface area contributed by atoms with E-state index in [0.29, 0.717) is 17.1 Å². The van der Waals surface area contributed by atoms with Crippen LogP contribution in [0.2, 0.25) is 0 Å². The summed E-state index contributed by atoms with van der Waals surface area (Å²) in [7, 11) is 4.28. The monoisotopic (exact) mass is 476 g/mol. The Morgan fingerprint density at radius 2 is 1.76 bits per heavy atom. The fourth-order valence-electron chi connectivity index (χ4n) is 5.18. The minimum atomic E-state index is -0.266. The summed E-state index contributed by atoms with van der Waals surface area (Å²) in [6, 6.07) is 14.1. The Hall–Kier alpha value is -3.30. The number of carbonyl (C=O) groups excluding carboxylic acids is 2. The minimum Gasteiger partial charge on any atom is -0.330 e. The first-order valence-electron chi connectivity index (χ1n) is 11.4. The van der Waals surface area contributed by atoms with Gasteiger partial charge in [0.15, 0.2) is 0 Å². The van der Waals surface area contributed by atoms with Crippen molar-refractivity contribution < 1.29 is 9.59 Å². The molecule has 1 aromatic carbocycles. The smallest absolute Gasteiger partial charge is 0.322 e. The maximum absolute atomic E-state index is 12.9. The van der Waals surface area contributed by atoms with Gasteiger partial charge < -0.3 is 5.32 Å². The number of nitrogens with zero attached hydrogens (tertiary/aromatic N) is 4. The Morgan fingerprint density at radius 1 is 1.06 bits per heavy atom. The number of benzene rings is 1. The molecule has 8 nitrogen and oxygen atoms in total. The highest BCUT2D eigenvalue weighted by Crippen LogP contribution is 2.46. The molecule has 2 fully saturated rings. The first-order valence-corrected chi connectivity index (χ1v) is 12.3. The molecule has 3 aromatic rings. The van der Waals surface area contributed by atoms with E-state index in [4.69, 9.17) is 0 Å². The van der Waals surface area contributed by atoms with Gasteiger partial charge in [0.1, 0.15) is 0 Å². The van der Waals surface area contributed by atoms with Gasteiger partial charge in [-0.05, 0) is 56.8 Å². The van der Waals surface area contributed by atoms with Crippen molar-refractivity contribution in [2.45, 2.75) is 36.8 Å². The van der Waals surface area contributed by atoms with Crippen molar-refractivity contribution in [2.24, 2.45) is 0 Å². The van der Waals surface area contributed by atoms with Crippen molar-refractivity contribution in [3.05, 3.63) is 70.7 Å². The second-order valence-corrected chi connectivity index (χ2v) is 10.2. The molecule has 0 atom stereocenters. The maximum Gasteiger partial charge on any atom is 0.322 e. The Kier molecular flexibility index (Phi) is 5.83. The molecule has 0 unspecified atom stereocenters. The average molecular weight is 477 g/mol. The molecule has 2 aromatic heterocycles. The van der Waals surface area contributed by atoms with Gasteiger partial charge in [-0.25, -0.2) is 14.8 Å². The first-order chi connectivity index (χ1) is 16.4. The van der Waals surface area contributed by atoms with Crippen LogP contribution in [0, 0.1) is 0 Å². The summed E-state index contributed by atoms with van der Waals surface area (Å²) in [4.78, 5) is 38.3. The number of rotatable bonds is 5. The van der Waals surface area contributed by atoms with E-state index in [9.17, 15) is 9.59 Å². The Bertz CT molecular complexity index is 1160. The van der Waals surface area contributed by atoms with Crippen LogP contribution in [0.4, 0.5) is 16.4 Å². The molecule has 2 aliphatic rings. The van der Waals surface area contributed by atoms with Gasteiger partial charge in [0, 0.05) is 5.54 Å². The summed E-state index contributed by atoms with van der Waals surface area (Å²) >= 11 is 1.35. The molecule has 3 amide bonds. The third kappa shape index (κ3) is 4.05. The molecule has 1 aliphatic heterocycles. The predicted octanol–water partition coefficient (Wildman–Crippen LogP) is 4.09.